The molecule has 0 saturated heterocycles. The molecule has 104 valence electrons. The van der Waals surface area contributed by atoms with Gasteiger partial charge in [0.1, 0.15) is 0 Å². The molecule has 1 rings (SSSR count). The molecule has 1 unspecified atom stereocenters. The van der Waals surface area contributed by atoms with Crippen LogP contribution in [0, 0.1) is 0 Å². The van der Waals surface area contributed by atoms with Crippen LogP contribution in [0.15, 0.2) is 16.8 Å². The van der Waals surface area contributed by atoms with Crippen LogP contribution in [0.4, 0.5) is 0 Å². The van der Waals surface area contributed by atoms with Crippen LogP contribution in [-0.2, 0) is 15.9 Å². The Kier molecular flexibility index (Phi) is 9.06. The van der Waals surface area contributed by atoms with Gasteiger partial charge in [-0.1, -0.05) is 0 Å². The van der Waals surface area contributed by atoms with Gasteiger partial charge in [0.25, 0.3) is 0 Å². The van der Waals surface area contributed by atoms with E-state index in [-0.39, 0.29) is 6.10 Å². The number of thiophene rings is 1. The lowest BCUT2D eigenvalue weighted by atomic mass is 10.2. The summed E-state index contributed by atoms with van der Waals surface area (Å²) in [4.78, 5) is 0. The number of hydrogen-bond donors (Lipinski definition) is 2. The fraction of sp³-hybridized carbons (Fsp3) is 0.692. The Morgan fingerprint density at radius 1 is 1.22 bits per heavy atom. The molecule has 1 heterocycles. The maximum Gasteiger partial charge on any atom is 0.0928 e. The fourth-order valence-electron chi connectivity index (χ4n) is 1.63. The second-order valence-corrected chi connectivity index (χ2v) is 4.93. The molecule has 2 N–H and O–H groups in total. The highest BCUT2D eigenvalue weighted by atomic mass is 32.1. The van der Waals surface area contributed by atoms with Crippen molar-refractivity contribution >= 4 is 11.3 Å². The molecule has 0 aliphatic rings. The molecule has 0 aliphatic heterocycles. The molecule has 0 spiro atoms. The summed E-state index contributed by atoms with van der Waals surface area (Å²) < 4.78 is 10.3. The van der Waals surface area contributed by atoms with Crippen LogP contribution < -0.4 is 10.6 Å². The maximum atomic E-state index is 5.26. The normalized spacial score (nSPS) is 12.8. The lowest BCUT2D eigenvalue weighted by Gasteiger charge is -2.15. The lowest BCUT2D eigenvalue weighted by molar-refractivity contribution is 0.0291. The van der Waals surface area contributed by atoms with Crippen LogP contribution in [0.2, 0.25) is 0 Å². The number of rotatable bonds is 11. The van der Waals surface area contributed by atoms with Crippen LogP contribution in [0.5, 0.6) is 0 Å². The fourth-order valence-corrected chi connectivity index (χ4v) is 2.33. The van der Waals surface area contributed by atoms with Crippen molar-refractivity contribution in [3.05, 3.63) is 22.4 Å². The van der Waals surface area contributed by atoms with Gasteiger partial charge in [0.05, 0.1) is 12.7 Å². The molecule has 5 heteroatoms. The van der Waals surface area contributed by atoms with Gasteiger partial charge in [0, 0.05) is 33.9 Å². The van der Waals surface area contributed by atoms with E-state index in [1.807, 2.05) is 0 Å². The average Bonchev–Trinajstić information content (AvgIpc) is 2.89. The van der Waals surface area contributed by atoms with Gasteiger partial charge in [0.2, 0.25) is 0 Å². The van der Waals surface area contributed by atoms with Gasteiger partial charge in [-0.25, -0.2) is 0 Å². The maximum absolute atomic E-state index is 5.26. The zero-order valence-electron chi connectivity index (χ0n) is 11.3. The Morgan fingerprint density at radius 2 is 2.06 bits per heavy atom. The summed E-state index contributed by atoms with van der Waals surface area (Å²) >= 11 is 1.76. The minimum absolute atomic E-state index is 0.140. The van der Waals surface area contributed by atoms with Crippen molar-refractivity contribution in [1.82, 2.24) is 10.6 Å². The predicted octanol–water partition coefficient (Wildman–Crippen LogP) is 1.13. The summed E-state index contributed by atoms with van der Waals surface area (Å²) in [6, 6.07) is 2.18. The second-order valence-electron chi connectivity index (χ2n) is 4.15. The Hall–Kier alpha value is -0.460. The summed E-state index contributed by atoms with van der Waals surface area (Å²) in [6.07, 6.45) is 1.24. The first kappa shape index (κ1) is 15.6. The first-order chi connectivity index (χ1) is 8.86. The zero-order chi connectivity index (χ0) is 13.1. The smallest absolute Gasteiger partial charge is 0.0928 e. The van der Waals surface area contributed by atoms with Crippen molar-refractivity contribution < 1.29 is 9.47 Å². The number of hydrogen-bond acceptors (Lipinski definition) is 5. The monoisotopic (exact) mass is 272 g/mol. The number of methoxy groups -OCH3 is 2. The zero-order valence-corrected chi connectivity index (χ0v) is 12.1. The van der Waals surface area contributed by atoms with Crippen molar-refractivity contribution in [2.24, 2.45) is 0 Å². The van der Waals surface area contributed by atoms with E-state index < -0.39 is 0 Å². The highest BCUT2D eigenvalue weighted by Crippen LogP contribution is 2.05. The van der Waals surface area contributed by atoms with Crippen molar-refractivity contribution in [1.29, 1.82) is 0 Å². The Morgan fingerprint density at radius 3 is 2.72 bits per heavy atom. The molecule has 0 aromatic carbocycles. The van der Waals surface area contributed by atoms with Gasteiger partial charge in [-0.2, -0.15) is 11.3 Å². The molecular formula is C13H24N2O2S. The molecule has 4 nitrogen and oxygen atoms in total. The summed E-state index contributed by atoms with van der Waals surface area (Å²) in [5, 5.41) is 11.1. The van der Waals surface area contributed by atoms with Gasteiger partial charge in [-0.05, 0) is 35.4 Å². The van der Waals surface area contributed by atoms with Crippen molar-refractivity contribution in [3.8, 4) is 0 Å². The van der Waals surface area contributed by atoms with E-state index in [9.17, 15) is 0 Å². The van der Waals surface area contributed by atoms with E-state index in [4.69, 9.17) is 9.47 Å². The second kappa shape index (κ2) is 10.5. The Bertz CT molecular complexity index is 281. The molecule has 1 aromatic heterocycles. The molecule has 0 fully saturated rings. The van der Waals surface area contributed by atoms with Gasteiger partial charge in [0.15, 0.2) is 0 Å². The number of ether oxygens (including phenoxy) is 2. The molecule has 0 bridgehead atoms. The van der Waals surface area contributed by atoms with E-state index in [1.54, 1.807) is 25.6 Å². The lowest BCUT2D eigenvalue weighted by Crippen LogP contribution is -2.36. The van der Waals surface area contributed by atoms with Crippen molar-refractivity contribution in [3.63, 3.8) is 0 Å². The minimum atomic E-state index is 0.140. The topological polar surface area (TPSA) is 42.5 Å². The molecular weight excluding hydrogens is 248 g/mol. The van der Waals surface area contributed by atoms with Gasteiger partial charge >= 0.3 is 0 Å². The quantitative estimate of drug-likeness (QED) is 0.593. The molecule has 0 radical (unpaired) electrons. The highest BCUT2D eigenvalue weighted by Gasteiger charge is 2.04. The highest BCUT2D eigenvalue weighted by molar-refractivity contribution is 7.07. The third-order valence-electron chi connectivity index (χ3n) is 2.71. The van der Waals surface area contributed by atoms with E-state index in [0.717, 1.165) is 32.6 Å². The standard InChI is InChI=1S/C13H24N2O2S/c1-16-10-13(17-2)9-15-7-6-14-5-3-12-4-8-18-11-12/h4,8,11,13-15H,3,5-7,9-10H2,1-2H3. The minimum Gasteiger partial charge on any atom is -0.382 e. The molecule has 1 aromatic rings. The Balaban J connectivity index is 1.89. The third-order valence-corrected chi connectivity index (χ3v) is 3.44. The SMILES string of the molecule is COCC(CNCCNCCc1ccsc1)OC. The van der Waals surface area contributed by atoms with Crippen molar-refractivity contribution in [2.45, 2.75) is 12.5 Å². The Labute approximate surface area is 114 Å². The van der Waals surface area contributed by atoms with E-state index in [2.05, 4.69) is 27.5 Å². The van der Waals surface area contributed by atoms with Crippen LogP contribution in [0.1, 0.15) is 5.56 Å². The average molecular weight is 272 g/mol. The first-order valence-electron chi connectivity index (χ1n) is 6.31. The van der Waals surface area contributed by atoms with Gasteiger partial charge < -0.3 is 20.1 Å². The van der Waals surface area contributed by atoms with Crippen LogP contribution in [0.3, 0.4) is 0 Å². The van der Waals surface area contributed by atoms with E-state index in [0.29, 0.717) is 6.61 Å². The van der Waals surface area contributed by atoms with Crippen LogP contribution in [-0.4, -0.2) is 53.1 Å². The molecule has 1 atom stereocenters. The van der Waals surface area contributed by atoms with Crippen LogP contribution in [0.25, 0.3) is 0 Å². The first-order valence-corrected chi connectivity index (χ1v) is 7.25. The largest absolute Gasteiger partial charge is 0.382 e. The molecule has 0 saturated carbocycles. The summed E-state index contributed by atoms with van der Waals surface area (Å²) in [5.41, 5.74) is 1.42. The van der Waals surface area contributed by atoms with Gasteiger partial charge in [-0.3, -0.25) is 0 Å². The summed E-state index contributed by atoms with van der Waals surface area (Å²) in [5.74, 6) is 0. The molecule has 0 amide bonds. The predicted molar refractivity (Wildman–Crippen MR) is 76.4 cm³/mol. The van der Waals surface area contributed by atoms with E-state index in [1.165, 1.54) is 5.56 Å². The summed E-state index contributed by atoms with van der Waals surface area (Å²) in [6.45, 7) is 4.43. The molecule has 18 heavy (non-hydrogen) atoms. The third kappa shape index (κ3) is 7.08. The van der Waals surface area contributed by atoms with Crippen LogP contribution >= 0.6 is 11.3 Å². The molecule has 0 aliphatic carbocycles. The van der Waals surface area contributed by atoms with Crippen molar-refractivity contribution in [2.75, 3.05) is 47.0 Å². The summed E-state index contributed by atoms with van der Waals surface area (Å²) in [7, 11) is 3.41. The number of nitrogens with one attached hydrogen (secondary N) is 2. The van der Waals surface area contributed by atoms with E-state index >= 15 is 0 Å². The van der Waals surface area contributed by atoms with Gasteiger partial charge in [-0.15, -0.1) is 0 Å².